The van der Waals surface area contributed by atoms with Crippen molar-refractivity contribution in [2.75, 3.05) is 26.2 Å². The van der Waals surface area contributed by atoms with Crippen molar-refractivity contribution in [2.45, 2.75) is 72.3 Å². The first kappa shape index (κ1) is 16.3. The second-order valence-corrected chi connectivity index (χ2v) is 8.26. The molecule has 1 saturated heterocycles. The van der Waals surface area contributed by atoms with Gasteiger partial charge in [-0.25, -0.2) is 0 Å². The Bertz CT molecular complexity index is 279. The quantitative estimate of drug-likeness (QED) is 0.760. The lowest BCUT2D eigenvalue weighted by Gasteiger charge is -2.35. The van der Waals surface area contributed by atoms with E-state index in [9.17, 15) is 0 Å². The van der Waals surface area contributed by atoms with Crippen molar-refractivity contribution in [3.8, 4) is 0 Å². The first-order chi connectivity index (χ1) is 9.49. The van der Waals surface area contributed by atoms with Crippen LogP contribution in [0.3, 0.4) is 0 Å². The minimum atomic E-state index is 0.631. The molecule has 0 spiro atoms. The summed E-state index contributed by atoms with van der Waals surface area (Å²) in [5, 5.41) is 3.62. The van der Waals surface area contributed by atoms with Crippen LogP contribution in [0.5, 0.6) is 0 Å². The zero-order valence-electron chi connectivity index (χ0n) is 14.3. The average molecular weight is 281 g/mol. The summed E-state index contributed by atoms with van der Waals surface area (Å²) in [4.78, 5) is 2.78. The maximum absolute atomic E-state index is 3.62. The number of rotatable bonds is 7. The van der Waals surface area contributed by atoms with Gasteiger partial charge >= 0.3 is 0 Å². The summed E-state index contributed by atoms with van der Waals surface area (Å²) in [6, 6.07) is 0.631. The molecule has 0 aromatic heterocycles. The number of hydrogen-bond acceptors (Lipinski definition) is 2. The van der Waals surface area contributed by atoms with E-state index in [1.807, 2.05) is 0 Å². The van der Waals surface area contributed by atoms with Crippen LogP contribution in [0.15, 0.2) is 0 Å². The molecule has 0 radical (unpaired) electrons. The molecular weight excluding hydrogens is 244 g/mol. The predicted octanol–water partition coefficient (Wildman–Crippen LogP) is 3.91. The van der Waals surface area contributed by atoms with E-state index in [1.54, 1.807) is 0 Å². The van der Waals surface area contributed by atoms with Crippen molar-refractivity contribution < 1.29 is 0 Å². The Morgan fingerprint density at radius 1 is 1.15 bits per heavy atom. The van der Waals surface area contributed by atoms with Gasteiger partial charge in [-0.05, 0) is 56.0 Å². The highest BCUT2D eigenvalue weighted by Gasteiger charge is 2.37. The zero-order valence-corrected chi connectivity index (χ0v) is 14.3. The highest BCUT2D eigenvalue weighted by Crippen LogP contribution is 2.44. The largest absolute Gasteiger partial charge is 0.314 e. The third-order valence-corrected chi connectivity index (χ3v) is 5.25. The van der Waals surface area contributed by atoms with Gasteiger partial charge in [-0.3, -0.25) is 0 Å². The van der Waals surface area contributed by atoms with Crippen LogP contribution in [0.4, 0.5) is 0 Å². The molecule has 1 atom stereocenters. The molecule has 1 unspecified atom stereocenters. The van der Waals surface area contributed by atoms with Crippen molar-refractivity contribution in [3.05, 3.63) is 0 Å². The Kier molecular flexibility index (Phi) is 5.92. The fourth-order valence-corrected chi connectivity index (χ4v) is 4.52. The lowest BCUT2D eigenvalue weighted by Crippen LogP contribution is -2.37. The van der Waals surface area contributed by atoms with Gasteiger partial charge in [0.1, 0.15) is 0 Å². The van der Waals surface area contributed by atoms with E-state index in [1.165, 1.54) is 64.7 Å². The fourth-order valence-electron chi connectivity index (χ4n) is 4.52. The van der Waals surface area contributed by atoms with Crippen molar-refractivity contribution in [1.29, 1.82) is 0 Å². The maximum atomic E-state index is 3.62. The summed E-state index contributed by atoms with van der Waals surface area (Å²) in [5.41, 5.74) is 0.661. The summed E-state index contributed by atoms with van der Waals surface area (Å²) in [5.74, 6) is 1.74. The van der Waals surface area contributed by atoms with Crippen molar-refractivity contribution in [3.63, 3.8) is 0 Å². The molecular formula is C18H36N2. The molecule has 1 aliphatic heterocycles. The molecule has 0 bridgehead atoms. The summed E-state index contributed by atoms with van der Waals surface area (Å²) >= 11 is 0. The molecule has 2 aliphatic rings. The lowest BCUT2D eigenvalue weighted by molar-refractivity contribution is 0.144. The van der Waals surface area contributed by atoms with Crippen LogP contribution in [0.2, 0.25) is 0 Å². The number of nitrogens with one attached hydrogen (secondary N) is 1. The number of hydrogen-bond donors (Lipinski definition) is 1. The molecule has 1 aliphatic carbocycles. The highest BCUT2D eigenvalue weighted by atomic mass is 15.2. The number of nitrogens with zero attached hydrogens (tertiary/aromatic N) is 1. The smallest absolute Gasteiger partial charge is 0.00382 e. The van der Waals surface area contributed by atoms with Crippen molar-refractivity contribution >= 4 is 0 Å². The maximum Gasteiger partial charge on any atom is 0.00382 e. The SMILES string of the molecule is CC(C)CC1(CN2CCC(CNC(C)C)C2)CCCC1. The normalized spacial score (nSPS) is 27.0. The standard InChI is InChI=1S/C18H36N2/c1-15(2)11-18(8-5-6-9-18)14-20-10-7-17(13-20)12-19-16(3)4/h15-17,19H,5-14H2,1-4H3. The Labute approximate surface area is 126 Å². The zero-order chi connectivity index (χ0) is 14.6. The Morgan fingerprint density at radius 2 is 1.85 bits per heavy atom. The van der Waals surface area contributed by atoms with Crippen LogP contribution in [-0.2, 0) is 0 Å². The molecule has 2 fully saturated rings. The molecule has 0 amide bonds. The summed E-state index contributed by atoms with van der Waals surface area (Å²) in [6.45, 7) is 14.6. The van der Waals surface area contributed by atoms with Crippen molar-refractivity contribution in [1.82, 2.24) is 10.2 Å². The topological polar surface area (TPSA) is 15.3 Å². The first-order valence-electron chi connectivity index (χ1n) is 8.95. The van der Waals surface area contributed by atoms with Gasteiger partial charge in [0.05, 0.1) is 0 Å². The summed E-state index contributed by atoms with van der Waals surface area (Å²) in [6.07, 6.45) is 8.75. The molecule has 1 N–H and O–H groups in total. The van der Waals surface area contributed by atoms with Gasteiger partial charge in [0.2, 0.25) is 0 Å². The Morgan fingerprint density at radius 3 is 2.45 bits per heavy atom. The highest BCUT2D eigenvalue weighted by molar-refractivity contribution is 4.90. The molecule has 2 rings (SSSR count). The second kappa shape index (κ2) is 7.26. The minimum Gasteiger partial charge on any atom is -0.314 e. The molecule has 20 heavy (non-hydrogen) atoms. The van der Waals surface area contributed by atoms with E-state index in [4.69, 9.17) is 0 Å². The third kappa shape index (κ3) is 4.73. The number of likely N-dealkylation sites (tertiary alicyclic amines) is 1. The van der Waals surface area contributed by atoms with Crippen LogP contribution in [0, 0.1) is 17.3 Å². The van der Waals surface area contributed by atoms with E-state index in [-0.39, 0.29) is 0 Å². The van der Waals surface area contributed by atoms with E-state index in [0.29, 0.717) is 11.5 Å². The molecule has 2 nitrogen and oxygen atoms in total. The summed E-state index contributed by atoms with van der Waals surface area (Å²) in [7, 11) is 0. The molecule has 118 valence electrons. The van der Waals surface area contributed by atoms with Gasteiger partial charge < -0.3 is 10.2 Å². The van der Waals surface area contributed by atoms with Gasteiger partial charge in [0, 0.05) is 19.1 Å². The lowest BCUT2D eigenvalue weighted by atomic mass is 9.78. The monoisotopic (exact) mass is 280 g/mol. The predicted molar refractivity (Wildman–Crippen MR) is 88.0 cm³/mol. The average Bonchev–Trinajstić information content (AvgIpc) is 2.96. The van der Waals surface area contributed by atoms with E-state index in [2.05, 4.69) is 37.9 Å². The molecule has 1 heterocycles. The van der Waals surface area contributed by atoms with Crippen molar-refractivity contribution in [2.24, 2.45) is 17.3 Å². The van der Waals surface area contributed by atoms with Crippen LogP contribution < -0.4 is 5.32 Å². The van der Waals surface area contributed by atoms with Crippen LogP contribution in [0.25, 0.3) is 0 Å². The Hall–Kier alpha value is -0.0800. The first-order valence-corrected chi connectivity index (χ1v) is 8.95. The summed E-state index contributed by atoms with van der Waals surface area (Å²) < 4.78 is 0. The third-order valence-electron chi connectivity index (χ3n) is 5.25. The molecule has 1 saturated carbocycles. The van der Waals surface area contributed by atoms with E-state index >= 15 is 0 Å². The Balaban J connectivity index is 1.80. The van der Waals surface area contributed by atoms with Crippen LogP contribution in [0.1, 0.15) is 66.2 Å². The minimum absolute atomic E-state index is 0.631. The van der Waals surface area contributed by atoms with E-state index < -0.39 is 0 Å². The van der Waals surface area contributed by atoms with Crippen LogP contribution in [-0.4, -0.2) is 37.1 Å². The van der Waals surface area contributed by atoms with Gasteiger partial charge in [0.15, 0.2) is 0 Å². The second-order valence-electron chi connectivity index (χ2n) is 8.26. The van der Waals surface area contributed by atoms with Crippen LogP contribution >= 0.6 is 0 Å². The van der Waals surface area contributed by atoms with Gasteiger partial charge in [0.25, 0.3) is 0 Å². The fraction of sp³-hybridized carbons (Fsp3) is 1.00. The van der Waals surface area contributed by atoms with Gasteiger partial charge in [-0.1, -0.05) is 40.5 Å². The van der Waals surface area contributed by atoms with Gasteiger partial charge in [-0.2, -0.15) is 0 Å². The molecule has 0 aromatic rings. The molecule has 0 aromatic carbocycles. The van der Waals surface area contributed by atoms with Gasteiger partial charge in [-0.15, -0.1) is 0 Å². The molecule has 2 heteroatoms. The van der Waals surface area contributed by atoms with E-state index in [0.717, 1.165) is 11.8 Å².